The molecule has 7 nitrogen and oxygen atoms in total. The molecule has 0 aromatic carbocycles. The van der Waals surface area contributed by atoms with Crippen molar-refractivity contribution in [2.24, 2.45) is 0 Å². The zero-order valence-electron chi connectivity index (χ0n) is 31.5. The van der Waals surface area contributed by atoms with Crippen molar-refractivity contribution in [3.05, 3.63) is 24.3 Å². The summed E-state index contributed by atoms with van der Waals surface area (Å²) in [7, 11) is 0. The Hall–Kier alpha value is -0.644. The molecule has 0 spiro atoms. The van der Waals surface area contributed by atoms with Crippen LogP contribution >= 0.6 is 0 Å². The van der Waals surface area contributed by atoms with Crippen molar-refractivity contribution in [3.8, 4) is 0 Å². The van der Waals surface area contributed by atoms with Gasteiger partial charge in [-0.25, -0.2) is 4.79 Å². The Labute approximate surface area is 337 Å². The van der Waals surface area contributed by atoms with E-state index in [1.54, 1.807) is 0 Å². The third-order valence-corrected chi connectivity index (χ3v) is 8.37. The number of carboxylic acid groups (broad SMARTS) is 2. The van der Waals surface area contributed by atoms with Crippen molar-refractivity contribution >= 4 is 23.5 Å². The first-order valence-corrected chi connectivity index (χ1v) is 19.2. The number of unbranched alkanes of at least 4 members (excludes halogenated alkanes) is 26. The molecule has 48 heavy (non-hydrogen) atoms. The Bertz CT molecular complexity index is 716. The Morgan fingerprint density at radius 2 is 0.646 bits per heavy atom. The second kappa shape index (κ2) is 46.4. The van der Waals surface area contributed by atoms with Crippen molar-refractivity contribution in [1.82, 2.24) is 0 Å². The third-order valence-electron chi connectivity index (χ3n) is 8.37. The number of carbonyl (C=O) groups is 4. The van der Waals surface area contributed by atoms with E-state index in [-0.39, 0.29) is 68.4 Å². The maximum atomic E-state index is 11.3. The minimum absolute atomic E-state index is 0. The summed E-state index contributed by atoms with van der Waals surface area (Å²) in [5, 5.41) is 18.6. The molecule has 0 aliphatic rings. The van der Waals surface area contributed by atoms with Crippen LogP contribution in [0, 0.1) is 0 Å². The summed E-state index contributed by atoms with van der Waals surface area (Å²) >= 11 is 0. The molecule has 276 valence electrons. The zero-order chi connectivity index (χ0) is 34.4. The molecular weight excluding hydrogens is 632 g/mol. The van der Waals surface area contributed by atoms with E-state index in [2.05, 4.69) is 13.8 Å². The number of ketones is 2. The van der Waals surface area contributed by atoms with Gasteiger partial charge in [0.05, 0.1) is 5.97 Å². The Balaban J connectivity index is -0.000000387. The first-order valence-electron chi connectivity index (χ1n) is 19.2. The van der Waals surface area contributed by atoms with Crippen molar-refractivity contribution in [2.75, 3.05) is 0 Å². The molecule has 0 bridgehead atoms. The molecule has 0 aliphatic carbocycles. The van der Waals surface area contributed by atoms with Gasteiger partial charge >= 0.3 is 57.4 Å². The molecule has 0 amide bonds. The van der Waals surface area contributed by atoms with Gasteiger partial charge in [0.25, 0.3) is 0 Å². The average molecular weight is 705 g/mol. The van der Waals surface area contributed by atoms with Gasteiger partial charge in [-0.1, -0.05) is 181 Å². The number of allylic oxidation sites excluding steroid dienone is 2. The number of hydrogen-bond donors (Lipinski definition) is 1. The van der Waals surface area contributed by atoms with E-state index in [0.717, 1.165) is 43.9 Å². The molecule has 0 saturated carbocycles. The predicted octanol–water partition coefficient (Wildman–Crippen LogP) is 6.98. The molecule has 0 radical (unpaired) electrons. The first kappa shape index (κ1) is 54.1. The van der Waals surface area contributed by atoms with Crippen LogP contribution in [0.2, 0.25) is 0 Å². The van der Waals surface area contributed by atoms with Gasteiger partial charge in [0, 0.05) is 18.9 Å². The van der Waals surface area contributed by atoms with E-state index in [1.165, 1.54) is 160 Å². The van der Waals surface area contributed by atoms with Crippen molar-refractivity contribution in [3.63, 3.8) is 0 Å². The third kappa shape index (κ3) is 52.2. The van der Waals surface area contributed by atoms with Gasteiger partial charge < -0.3 is 20.5 Å². The van der Waals surface area contributed by atoms with Crippen LogP contribution in [0.25, 0.3) is 0 Å². The average Bonchev–Trinajstić information content (AvgIpc) is 3.03. The zero-order valence-corrected chi connectivity index (χ0v) is 34.6. The van der Waals surface area contributed by atoms with Gasteiger partial charge in [-0.3, -0.25) is 9.59 Å². The monoisotopic (exact) mass is 704 g/mol. The number of carbonyl (C=O) groups excluding carboxylic acids is 3. The quantitative estimate of drug-likeness (QED) is 0.0435. The van der Waals surface area contributed by atoms with Gasteiger partial charge in [0.2, 0.25) is 0 Å². The van der Waals surface area contributed by atoms with E-state index < -0.39 is 11.9 Å². The molecule has 0 aromatic heterocycles. The summed E-state index contributed by atoms with van der Waals surface area (Å²) in [5.74, 6) is -2.56. The summed E-state index contributed by atoms with van der Waals surface area (Å²) in [6, 6.07) is 0. The van der Waals surface area contributed by atoms with Crippen molar-refractivity contribution < 1.29 is 86.3 Å². The smallest absolute Gasteiger partial charge is 0.545 e. The molecule has 0 fully saturated rings. The molecule has 0 unspecified atom stereocenters. The van der Waals surface area contributed by atoms with Gasteiger partial charge in [-0.15, -0.1) is 0 Å². The van der Waals surface area contributed by atoms with E-state index in [4.69, 9.17) is 5.11 Å². The minimum atomic E-state index is -1.31. The predicted molar refractivity (Wildman–Crippen MR) is 194 cm³/mol. The van der Waals surface area contributed by atoms with Crippen LogP contribution in [0.15, 0.2) is 24.3 Å². The number of aliphatic carboxylic acids is 2. The summed E-state index contributed by atoms with van der Waals surface area (Å²) in [6.07, 6.45) is 41.1. The second-order valence-electron chi connectivity index (χ2n) is 12.9. The maximum absolute atomic E-state index is 11.3. The van der Waals surface area contributed by atoms with E-state index >= 15 is 0 Å². The number of carboxylic acids is 2. The topological polar surface area (TPSA) is 143 Å². The molecule has 0 rings (SSSR count). The molecule has 0 saturated heterocycles. The summed E-state index contributed by atoms with van der Waals surface area (Å²) in [4.78, 5) is 43.0. The minimum Gasteiger partial charge on any atom is -0.545 e. The van der Waals surface area contributed by atoms with E-state index in [9.17, 15) is 24.3 Å². The summed E-state index contributed by atoms with van der Waals surface area (Å²) in [6.45, 7) is 4.51. The summed E-state index contributed by atoms with van der Waals surface area (Å²) in [5.41, 5.74) is 0. The molecule has 3 N–H and O–H groups in total. The fraction of sp³-hybridized carbons (Fsp3) is 0.800. The SMILES string of the molecule is CCCCCCCCCCCCCCCCC(=O)/C=C\C(=O)O.CCCCCCCCCCCCCCCCC(=O)/C=C\C(=O)[O-].O.[K+]. The van der Waals surface area contributed by atoms with Gasteiger partial charge in [0.15, 0.2) is 11.6 Å². The number of rotatable bonds is 34. The molecule has 0 aromatic rings. The first-order chi connectivity index (χ1) is 22.3. The van der Waals surface area contributed by atoms with Crippen LogP contribution in [0.1, 0.15) is 206 Å². The van der Waals surface area contributed by atoms with Crippen LogP contribution in [0.3, 0.4) is 0 Å². The molecule has 8 heteroatoms. The molecular formula is C40H73KO7. The van der Waals surface area contributed by atoms with Crippen LogP contribution < -0.4 is 56.5 Å². The largest absolute Gasteiger partial charge is 1.00 e. The van der Waals surface area contributed by atoms with Gasteiger partial charge in [-0.05, 0) is 31.1 Å². The normalized spacial score (nSPS) is 10.7. The van der Waals surface area contributed by atoms with Crippen LogP contribution in [-0.4, -0.2) is 34.1 Å². The van der Waals surface area contributed by atoms with Gasteiger partial charge in [0.1, 0.15) is 0 Å². The Morgan fingerprint density at radius 1 is 0.417 bits per heavy atom. The summed E-state index contributed by atoms with van der Waals surface area (Å²) < 4.78 is 0. The fourth-order valence-corrected chi connectivity index (χ4v) is 5.48. The van der Waals surface area contributed by atoms with Crippen molar-refractivity contribution in [1.29, 1.82) is 0 Å². The van der Waals surface area contributed by atoms with E-state index in [1.807, 2.05) is 0 Å². The van der Waals surface area contributed by atoms with Crippen LogP contribution in [-0.2, 0) is 19.2 Å². The number of hydrogen-bond acceptors (Lipinski definition) is 5. The standard InChI is InChI=1S/2C20H36O3.K.H2O/c2*1-2-3-4-5-6-7-8-9-10-11-12-13-14-15-16-19(21)17-18-20(22)23;;/h2*17-18H,2-16H2,1H3,(H,22,23);;1H2/q;;+1;/p-1/b2*18-17-;;. The fourth-order valence-electron chi connectivity index (χ4n) is 5.48. The Morgan fingerprint density at radius 3 is 0.875 bits per heavy atom. The van der Waals surface area contributed by atoms with Crippen molar-refractivity contribution in [2.45, 2.75) is 206 Å². The Kier molecular flexibility index (Phi) is 52.3. The van der Waals surface area contributed by atoms with Crippen LogP contribution in [0.5, 0.6) is 0 Å². The van der Waals surface area contributed by atoms with E-state index in [0.29, 0.717) is 12.8 Å². The molecule has 0 atom stereocenters. The second-order valence-corrected chi connectivity index (χ2v) is 12.9. The molecule has 0 heterocycles. The molecule has 0 aliphatic heterocycles. The maximum Gasteiger partial charge on any atom is 1.00 e. The van der Waals surface area contributed by atoms with Gasteiger partial charge in [-0.2, -0.15) is 0 Å². The van der Waals surface area contributed by atoms with Crippen LogP contribution in [0.4, 0.5) is 0 Å².